The fourth-order valence-electron chi connectivity index (χ4n) is 1.72. The van der Waals surface area contributed by atoms with E-state index in [9.17, 15) is 9.90 Å². The first-order valence-electron chi connectivity index (χ1n) is 5.68. The Labute approximate surface area is 105 Å². The Kier molecular flexibility index (Phi) is 3.47. The van der Waals surface area contributed by atoms with Crippen molar-refractivity contribution in [2.24, 2.45) is 0 Å². The van der Waals surface area contributed by atoms with Crippen LogP contribution in [0.15, 0.2) is 24.4 Å². The minimum Gasteiger partial charge on any atom is -0.476 e. The van der Waals surface area contributed by atoms with Crippen molar-refractivity contribution in [1.82, 2.24) is 14.3 Å². The van der Waals surface area contributed by atoms with Crippen LogP contribution in [0.3, 0.4) is 0 Å². The van der Waals surface area contributed by atoms with Gasteiger partial charge in [0.15, 0.2) is 11.5 Å². The van der Waals surface area contributed by atoms with E-state index < -0.39 is 5.97 Å². The summed E-state index contributed by atoms with van der Waals surface area (Å²) in [7, 11) is 3.92. The van der Waals surface area contributed by atoms with Gasteiger partial charge in [0.05, 0.1) is 0 Å². The zero-order chi connectivity index (χ0) is 13.1. The highest BCUT2D eigenvalue weighted by atomic mass is 16.4. The van der Waals surface area contributed by atoms with Gasteiger partial charge in [-0.2, -0.15) is 0 Å². The molecule has 0 aromatic carbocycles. The van der Waals surface area contributed by atoms with Gasteiger partial charge in [-0.25, -0.2) is 9.78 Å². The normalized spacial score (nSPS) is 11.1. The summed E-state index contributed by atoms with van der Waals surface area (Å²) in [5.41, 5.74) is 0.798. The number of aromatic carboxylic acids is 1. The number of hydrogen-bond acceptors (Lipinski definition) is 4. The molecule has 0 radical (unpaired) electrons. The molecule has 2 rings (SSSR count). The summed E-state index contributed by atoms with van der Waals surface area (Å²) in [6, 6.07) is 5.39. The second-order valence-electron chi connectivity index (χ2n) is 4.27. The lowest BCUT2D eigenvalue weighted by Crippen LogP contribution is -2.21. The van der Waals surface area contributed by atoms with E-state index in [-0.39, 0.29) is 5.69 Å². The molecule has 0 bridgehead atoms. The number of carbonyl (C=O) groups is 1. The van der Waals surface area contributed by atoms with Crippen LogP contribution in [0.5, 0.6) is 0 Å². The van der Waals surface area contributed by atoms with Crippen LogP contribution >= 0.6 is 0 Å². The van der Waals surface area contributed by atoms with Crippen LogP contribution in [0.25, 0.3) is 5.65 Å². The van der Waals surface area contributed by atoms with Crippen LogP contribution in [0.2, 0.25) is 0 Å². The first kappa shape index (κ1) is 12.4. The quantitative estimate of drug-likeness (QED) is 0.826. The molecule has 0 saturated heterocycles. The second-order valence-corrected chi connectivity index (χ2v) is 4.27. The van der Waals surface area contributed by atoms with Gasteiger partial charge in [0.25, 0.3) is 0 Å². The molecule has 0 fully saturated rings. The van der Waals surface area contributed by atoms with Gasteiger partial charge in [-0.15, -0.1) is 0 Å². The average molecular weight is 248 g/mol. The van der Waals surface area contributed by atoms with Crippen molar-refractivity contribution in [3.05, 3.63) is 30.1 Å². The molecule has 2 heterocycles. The molecule has 0 spiro atoms. The van der Waals surface area contributed by atoms with Gasteiger partial charge in [0, 0.05) is 19.3 Å². The van der Waals surface area contributed by atoms with Gasteiger partial charge >= 0.3 is 5.97 Å². The number of fused-ring (bicyclic) bond motifs is 1. The third kappa shape index (κ3) is 2.43. The lowest BCUT2D eigenvalue weighted by atomic mass is 10.4. The predicted octanol–water partition coefficient (Wildman–Crippen LogP) is 1.01. The highest BCUT2D eigenvalue weighted by molar-refractivity contribution is 5.92. The minimum absolute atomic E-state index is 0.171. The molecule has 0 atom stereocenters. The number of hydrogen-bond donors (Lipinski definition) is 2. The fraction of sp³-hybridized carbons (Fsp3) is 0.333. The minimum atomic E-state index is -0.985. The zero-order valence-electron chi connectivity index (χ0n) is 10.4. The van der Waals surface area contributed by atoms with E-state index in [1.807, 2.05) is 25.1 Å². The van der Waals surface area contributed by atoms with Crippen molar-refractivity contribution in [2.45, 2.75) is 0 Å². The van der Waals surface area contributed by atoms with Crippen molar-refractivity contribution in [3.63, 3.8) is 0 Å². The summed E-state index contributed by atoms with van der Waals surface area (Å²) in [6.07, 6.45) is 1.70. The smallest absolute Gasteiger partial charge is 0.356 e. The Balaban J connectivity index is 2.31. The number of imidazole rings is 1. The van der Waals surface area contributed by atoms with Crippen molar-refractivity contribution >= 4 is 17.4 Å². The molecule has 0 aliphatic carbocycles. The summed E-state index contributed by atoms with van der Waals surface area (Å²) < 4.78 is 1.57. The number of carboxylic acid groups (broad SMARTS) is 1. The van der Waals surface area contributed by atoms with E-state index in [4.69, 9.17) is 0 Å². The molecule has 0 saturated carbocycles. The monoisotopic (exact) mass is 248 g/mol. The Morgan fingerprint density at radius 3 is 2.94 bits per heavy atom. The van der Waals surface area contributed by atoms with E-state index in [1.54, 1.807) is 22.7 Å². The SMILES string of the molecule is CN(C)CCNc1nc2ccccn2c1C(=O)O. The van der Waals surface area contributed by atoms with Gasteiger partial charge in [-0.3, -0.25) is 4.40 Å². The summed E-state index contributed by atoms with van der Waals surface area (Å²) >= 11 is 0. The highest BCUT2D eigenvalue weighted by Crippen LogP contribution is 2.17. The molecular formula is C12H16N4O2. The molecule has 0 aliphatic heterocycles. The van der Waals surface area contributed by atoms with Crippen LogP contribution in [-0.2, 0) is 0 Å². The molecule has 18 heavy (non-hydrogen) atoms. The third-order valence-corrected chi connectivity index (χ3v) is 2.58. The van der Waals surface area contributed by atoms with Gasteiger partial charge in [0.1, 0.15) is 5.65 Å². The lowest BCUT2D eigenvalue weighted by molar-refractivity contribution is 0.0690. The molecular weight excluding hydrogens is 232 g/mol. The van der Waals surface area contributed by atoms with E-state index in [0.717, 1.165) is 6.54 Å². The molecule has 0 amide bonds. The Morgan fingerprint density at radius 2 is 2.28 bits per heavy atom. The summed E-state index contributed by atoms with van der Waals surface area (Å²) in [5, 5.41) is 12.3. The molecule has 6 heteroatoms. The van der Waals surface area contributed by atoms with E-state index in [2.05, 4.69) is 10.3 Å². The molecule has 96 valence electrons. The van der Waals surface area contributed by atoms with Crippen LogP contribution in [0, 0.1) is 0 Å². The number of likely N-dealkylation sites (N-methyl/N-ethyl adjacent to an activating group) is 1. The molecule has 2 aromatic rings. The maximum Gasteiger partial charge on any atom is 0.356 e. The van der Waals surface area contributed by atoms with Crippen LogP contribution in [0.4, 0.5) is 5.82 Å². The van der Waals surface area contributed by atoms with Crippen LogP contribution in [-0.4, -0.2) is 52.5 Å². The zero-order valence-corrected chi connectivity index (χ0v) is 10.4. The van der Waals surface area contributed by atoms with Crippen molar-refractivity contribution in [2.75, 3.05) is 32.5 Å². The topological polar surface area (TPSA) is 69.9 Å². The van der Waals surface area contributed by atoms with E-state index in [1.165, 1.54) is 0 Å². The number of nitrogens with one attached hydrogen (secondary N) is 1. The summed E-state index contributed by atoms with van der Waals surface area (Å²) in [5.74, 6) is -0.573. The summed E-state index contributed by atoms with van der Waals surface area (Å²) in [6.45, 7) is 1.46. The molecule has 2 N–H and O–H groups in total. The Bertz CT molecular complexity index is 562. The Morgan fingerprint density at radius 1 is 1.50 bits per heavy atom. The molecule has 0 aliphatic rings. The number of aromatic nitrogens is 2. The van der Waals surface area contributed by atoms with Gasteiger partial charge in [0.2, 0.25) is 0 Å². The maximum atomic E-state index is 11.3. The third-order valence-electron chi connectivity index (χ3n) is 2.58. The highest BCUT2D eigenvalue weighted by Gasteiger charge is 2.17. The lowest BCUT2D eigenvalue weighted by Gasteiger charge is -2.10. The number of rotatable bonds is 5. The predicted molar refractivity (Wildman–Crippen MR) is 69.2 cm³/mol. The number of anilines is 1. The first-order valence-corrected chi connectivity index (χ1v) is 5.68. The van der Waals surface area contributed by atoms with Crippen molar-refractivity contribution in [3.8, 4) is 0 Å². The first-order chi connectivity index (χ1) is 8.59. The van der Waals surface area contributed by atoms with Gasteiger partial charge in [-0.05, 0) is 26.2 Å². The average Bonchev–Trinajstić information content (AvgIpc) is 2.66. The molecule has 6 nitrogen and oxygen atoms in total. The van der Waals surface area contributed by atoms with E-state index in [0.29, 0.717) is 18.0 Å². The number of nitrogens with zero attached hydrogens (tertiary/aromatic N) is 3. The van der Waals surface area contributed by atoms with Crippen molar-refractivity contribution in [1.29, 1.82) is 0 Å². The Hall–Kier alpha value is -2.08. The number of pyridine rings is 1. The molecule has 0 unspecified atom stereocenters. The standard InChI is InChI=1S/C12H16N4O2/c1-15(2)8-6-13-11-10(12(17)18)16-7-4-3-5-9(16)14-11/h3-5,7,13H,6,8H2,1-2H3,(H,17,18). The molecule has 2 aromatic heterocycles. The number of carboxylic acids is 1. The second kappa shape index (κ2) is 5.05. The maximum absolute atomic E-state index is 11.3. The van der Waals surface area contributed by atoms with Gasteiger partial charge in [-0.1, -0.05) is 6.07 Å². The van der Waals surface area contributed by atoms with E-state index >= 15 is 0 Å². The fourth-order valence-corrected chi connectivity index (χ4v) is 1.72. The summed E-state index contributed by atoms with van der Waals surface area (Å²) in [4.78, 5) is 17.6. The van der Waals surface area contributed by atoms with Gasteiger partial charge < -0.3 is 15.3 Å². The largest absolute Gasteiger partial charge is 0.476 e. The van der Waals surface area contributed by atoms with Crippen LogP contribution < -0.4 is 5.32 Å². The van der Waals surface area contributed by atoms with Crippen molar-refractivity contribution < 1.29 is 9.90 Å². The van der Waals surface area contributed by atoms with Crippen LogP contribution in [0.1, 0.15) is 10.5 Å².